The first-order chi connectivity index (χ1) is 12.2. The average Bonchev–Trinajstić information content (AvgIpc) is 2.63. The molecule has 3 rings (SSSR count). The smallest absolute Gasteiger partial charge is 0.229 e. The van der Waals surface area contributed by atoms with Crippen molar-refractivity contribution in [1.29, 1.82) is 0 Å². The summed E-state index contributed by atoms with van der Waals surface area (Å²) < 4.78 is 0. The third-order valence-corrected chi connectivity index (χ3v) is 3.85. The Labute approximate surface area is 146 Å². The van der Waals surface area contributed by atoms with E-state index in [1.54, 1.807) is 6.20 Å². The number of aromatic nitrogens is 2. The van der Waals surface area contributed by atoms with Crippen LogP contribution in [0.5, 0.6) is 0 Å². The van der Waals surface area contributed by atoms with Crippen molar-refractivity contribution in [3.05, 3.63) is 72.1 Å². The van der Waals surface area contributed by atoms with Crippen molar-refractivity contribution in [2.75, 3.05) is 11.1 Å². The number of nitrogen functional groups attached to an aromatic ring is 1. The Kier molecular flexibility index (Phi) is 5.04. The van der Waals surface area contributed by atoms with Gasteiger partial charge in [0.2, 0.25) is 5.91 Å². The van der Waals surface area contributed by atoms with Crippen molar-refractivity contribution in [2.24, 2.45) is 0 Å². The second-order valence-electron chi connectivity index (χ2n) is 5.74. The summed E-state index contributed by atoms with van der Waals surface area (Å²) in [4.78, 5) is 21.3. The van der Waals surface area contributed by atoms with Gasteiger partial charge in [-0.15, -0.1) is 0 Å². The van der Waals surface area contributed by atoms with E-state index in [0.29, 0.717) is 24.3 Å². The molecule has 0 saturated carbocycles. The maximum atomic E-state index is 12.2. The Morgan fingerprint density at radius 3 is 2.48 bits per heavy atom. The number of rotatable bonds is 5. The molecule has 0 saturated heterocycles. The van der Waals surface area contributed by atoms with Gasteiger partial charge >= 0.3 is 0 Å². The zero-order chi connectivity index (χ0) is 17.6. The third-order valence-electron chi connectivity index (χ3n) is 3.85. The standard InChI is InChI=1S/C20H20N4O/c1-2-17-20(24-19(25)12-14-6-4-3-5-7-14)22-13-18(23-17)15-8-10-16(21)11-9-15/h3-11,13H,2,12,21H2,1H3,(H,22,24,25). The maximum Gasteiger partial charge on any atom is 0.229 e. The van der Waals surface area contributed by atoms with Crippen molar-refractivity contribution in [1.82, 2.24) is 9.97 Å². The summed E-state index contributed by atoms with van der Waals surface area (Å²) in [6.45, 7) is 1.99. The minimum atomic E-state index is -0.101. The van der Waals surface area contributed by atoms with Gasteiger partial charge in [-0.25, -0.2) is 9.97 Å². The normalized spacial score (nSPS) is 10.4. The largest absolute Gasteiger partial charge is 0.399 e. The van der Waals surface area contributed by atoms with E-state index in [1.165, 1.54) is 0 Å². The van der Waals surface area contributed by atoms with Crippen LogP contribution in [0.1, 0.15) is 18.2 Å². The Morgan fingerprint density at radius 2 is 1.80 bits per heavy atom. The van der Waals surface area contributed by atoms with Crippen LogP contribution in [0.4, 0.5) is 11.5 Å². The van der Waals surface area contributed by atoms with Crippen molar-refractivity contribution in [3.8, 4) is 11.3 Å². The molecular formula is C20H20N4O. The van der Waals surface area contributed by atoms with E-state index in [-0.39, 0.29) is 5.91 Å². The molecule has 0 aliphatic heterocycles. The van der Waals surface area contributed by atoms with Crippen molar-refractivity contribution in [2.45, 2.75) is 19.8 Å². The fraction of sp³-hybridized carbons (Fsp3) is 0.150. The van der Waals surface area contributed by atoms with Gasteiger partial charge < -0.3 is 11.1 Å². The fourth-order valence-electron chi connectivity index (χ4n) is 2.53. The monoisotopic (exact) mass is 332 g/mol. The van der Waals surface area contributed by atoms with Crippen molar-refractivity contribution in [3.63, 3.8) is 0 Å². The molecule has 0 bridgehead atoms. The molecule has 126 valence electrons. The highest BCUT2D eigenvalue weighted by atomic mass is 16.1. The van der Waals surface area contributed by atoms with Gasteiger partial charge in [0.25, 0.3) is 0 Å². The van der Waals surface area contributed by atoms with Crippen LogP contribution in [0.15, 0.2) is 60.8 Å². The number of nitrogens with one attached hydrogen (secondary N) is 1. The van der Waals surface area contributed by atoms with E-state index in [4.69, 9.17) is 5.73 Å². The zero-order valence-electron chi connectivity index (χ0n) is 14.1. The zero-order valence-corrected chi connectivity index (χ0v) is 14.1. The number of nitrogens with two attached hydrogens (primary N) is 1. The van der Waals surface area contributed by atoms with Gasteiger partial charge in [-0.05, 0) is 24.1 Å². The lowest BCUT2D eigenvalue weighted by Gasteiger charge is -2.10. The molecule has 5 heteroatoms. The molecule has 1 heterocycles. The maximum absolute atomic E-state index is 12.2. The topological polar surface area (TPSA) is 80.9 Å². The molecule has 1 aromatic heterocycles. The van der Waals surface area contributed by atoms with E-state index >= 15 is 0 Å². The van der Waals surface area contributed by atoms with Crippen LogP contribution in [0, 0.1) is 0 Å². The summed E-state index contributed by atoms with van der Waals surface area (Å²) in [7, 11) is 0. The molecule has 0 unspecified atom stereocenters. The predicted octanol–water partition coefficient (Wildman–Crippen LogP) is 3.47. The number of benzene rings is 2. The molecule has 0 atom stereocenters. The number of carbonyl (C=O) groups is 1. The lowest BCUT2D eigenvalue weighted by atomic mass is 10.1. The van der Waals surface area contributed by atoms with E-state index in [9.17, 15) is 4.79 Å². The Bertz CT molecular complexity index is 861. The van der Waals surface area contributed by atoms with Gasteiger partial charge in [0.05, 0.1) is 24.0 Å². The van der Waals surface area contributed by atoms with Crippen molar-refractivity contribution >= 4 is 17.4 Å². The van der Waals surface area contributed by atoms with Crippen LogP contribution in [0.2, 0.25) is 0 Å². The summed E-state index contributed by atoms with van der Waals surface area (Å²) >= 11 is 0. The predicted molar refractivity (Wildman–Crippen MR) is 100 cm³/mol. The molecule has 3 N–H and O–H groups in total. The summed E-state index contributed by atoms with van der Waals surface area (Å²) in [5.74, 6) is 0.415. The van der Waals surface area contributed by atoms with Crippen LogP contribution >= 0.6 is 0 Å². The fourth-order valence-corrected chi connectivity index (χ4v) is 2.53. The number of aryl methyl sites for hydroxylation is 1. The van der Waals surface area contributed by atoms with Gasteiger partial charge in [-0.1, -0.05) is 49.4 Å². The van der Waals surface area contributed by atoms with Gasteiger partial charge in [-0.2, -0.15) is 0 Å². The van der Waals surface area contributed by atoms with Gasteiger partial charge in [-0.3, -0.25) is 4.79 Å². The highest BCUT2D eigenvalue weighted by molar-refractivity contribution is 5.91. The molecule has 0 fully saturated rings. The summed E-state index contributed by atoms with van der Waals surface area (Å²) in [5.41, 5.74) is 9.85. The van der Waals surface area contributed by atoms with Crippen LogP contribution < -0.4 is 11.1 Å². The van der Waals surface area contributed by atoms with Crippen molar-refractivity contribution < 1.29 is 4.79 Å². The molecule has 5 nitrogen and oxygen atoms in total. The SMILES string of the molecule is CCc1nc(-c2ccc(N)cc2)cnc1NC(=O)Cc1ccccc1. The first-order valence-electron chi connectivity index (χ1n) is 8.21. The molecular weight excluding hydrogens is 312 g/mol. The molecule has 3 aromatic rings. The first kappa shape index (κ1) is 16.6. The number of hydrogen-bond acceptors (Lipinski definition) is 4. The van der Waals surface area contributed by atoms with Crippen LogP contribution in [0.25, 0.3) is 11.3 Å². The molecule has 1 amide bonds. The quantitative estimate of drug-likeness (QED) is 0.701. The minimum Gasteiger partial charge on any atom is -0.399 e. The Hall–Kier alpha value is -3.21. The van der Waals surface area contributed by atoms with Gasteiger partial charge in [0.15, 0.2) is 5.82 Å². The molecule has 0 spiro atoms. The lowest BCUT2D eigenvalue weighted by Crippen LogP contribution is -2.17. The number of hydrogen-bond donors (Lipinski definition) is 2. The molecule has 0 aliphatic carbocycles. The van der Waals surface area contributed by atoms with E-state index in [2.05, 4.69) is 15.3 Å². The Morgan fingerprint density at radius 1 is 1.08 bits per heavy atom. The summed E-state index contributed by atoms with van der Waals surface area (Å²) in [6.07, 6.45) is 2.66. The first-order valence-corrected chi connectivity index (χ1v) is 8.21. The molecule has 0 radical (unpaired) electrons. The number of anilines is 2. The van der Waals surface area contributed by atoms with E-state index < -0.39 is 0 Å². The lowest BCUT2D eigenvalue weighted by molar-refractivity contribution is -0.115. The minimum absolute atomic E-state index is 0.101. The van der Waals surface area contributed by atoms with Gasteiger partial charge in [0.1, 0.15) is 0 Å². The number of amides is 1. The second-order valence-corrected chi connectivity index (χ2v) is 5.74. The average molecular weight is 332 g/mol. The van der Waals surface area contributed by atoms with Crippen LogP contribution in [-0.4, -0.2) is 15.9 Å². The van der Waals surface area contributed by atoms with E-state index in [1.807, 2.05) is 61.5 Å². The van der Waals surface area contributed by atoms with E-state index in [0.717, 1.165) is 22.5 Å². The molecule has 0 aliphatic rings. The summed E-state index contributed by atoms with van der Waals surface area (Å²) in [5, 5.41) is 2.87. The van der Waals surface area contributed by atoms with Crippen LogP contribution in [0.3, 0.4) is 0 Å². The highest BCUT2D eigenvalue weighted by Gasteiger charge is 2.11. The third kappa shape index (κ3) is 4.20. The molecule has 25 heavy (non-hydrogen) atoms. The highest BCUT2D eigenvalue weighted by Crippen LogP contribution is 2.21. The number of carbonyl (C=O) groups excluding carboxylic acids is 1. The van der Waals surface area contributed by atoms with Crippen LogP contribution in [-0.2, 0) is 17.6 Å². The Balaban J connectivity index is 1.77. The number of nitrogens with zero attached hydrogens (tertiary/aromatic N) is 2. The van der Waals surface area contributed by atoms with Gasteiger partial charge in [0, 0.05) is 11.3 Å². The summed E-state index contributed by atoms with van der Waals surface area (Å²) in [6, 6.07) is 17.1. The second kappa shape index (κ2) is 7.57. The molecule has 2 aromatic carbocycles.